The number of ether oxygens (including phenoxy) is 2. The number of nitrogen functional groups attached to an aromatic ring is 1. The lowest BCUT2D eigenvalue weighted by atomic mass is 10.1. The number of aryl methyl sites for hydroxylation is 2. The summed E-state index contributed by atoms with van der Waals surface area (Å²) >= 11 is 0. The van der Waals surface area contributed by atoms with Crippen molar-refractivity contribution in [2.75, 3.05) is 47.2 Å². The molecule has 1 aliphatic heterocycles. The van der Waals surface area contributed by atoms with Crippen LogP contribution in [0.15, 0.2) is 30.6 Å². The SMILES string of the molecule is C#CC.CC.CCc1nc(C2CCN(C)C2)n2ccnc(N)c12.CO.COc1cc(C)cc(OC)c1. The van der Waals surface area contributed by atoms with Gasteiger partial charge in [0.15, 0.2) is 0 Å². The number of anilines is 1. The molecule has 3 heterocycles. The maximum Gasteiger partial charge on any atom is 0.149 e. The molecular formula is C28H45N5O3. The van der Waals surface area contributed by atoms with E-state index in [2.05, 4.69) is 40.6 Å². The lowest BCUT2D eigenvalue weighted by molar-refractivity contribution is 0.394. The summed E-state index contributed by atoms with van der Waals surface area (Å²) in [6, 6.07) is 5.78. The van der Waals surface area contributed by atoms with E-state index in [1.54, 1.807) is 27.3 Å². The van der Waals surface area contributed by atoms with Gasteiger partial charge >= 0.3 is 0 Å². The molecule has 8 heteroatoms. The molecule has 4 rings (SSSR count). The van der Waals surface area contributed by atoms with Crippen molar-refractivity contribution in [3.63, 3.8) is 0 Å². The minimum Gasteiger partial charge on any atom is -0.497 e. The fourth-order valence-electron chi connectivity index (χ4n) is 3.79. The Morgan fingerprint density at radius 3 is 2.17 bits per heavy atom. The third kappa shape index (κ3) is 9.40. The smallest absolute Gasteiger partial charge is 0.149 e. The minimum atomic E-state index is 0.504. The second-order valence-corrected chi connectivity index (χ2v) is 7.73. The lowest BCUT2D eigenvalue weighted by Crippen LogP contribution is -2.14. The molecule has 0 radical (unpaired) electrons. The number of aliphatic hydroxyl groups excluding tert-OH is 1. The van der Waals surface area contributed by atoms with Gasteiger partial charge in [-0.1, -0.05) is 20.8 Å². The number of aliphatic hydroxyl groups is 1. The number of imidazole rings is 1. The van der Waals surface area contributed by atoms with Gasteiger partial charge in [-0.15, -0.1) is 12.3 Å². The van der Waals surface area contributed by atoms with Crippen LogP contribution in [0, 0.1) is 19.3 Å². The molecule has 1 atom stereocenters. The summed E-state index contributed by atoms with van der Waals surface area (Å²) in [5.41, 5.74) is 9.18. The van der Waals surface area contributed by atoms with Gasteiger partial charge in [0, 0.05) is 38.0 Å². The van der Waals surface area contributed by atoms with Crippen molar-refractivity contribution in [3.8, 4) is 23.8 Å². The van der Waals surface area contributed by atoms with E-state index >= 15 is 0 Å². The molecular weight excluding hydrogens is 454 g/mol. The Labute approximate surface area is 217 Å². The Kier molecular flexibility index (Phi) is 16.4. The third-order valence-electron chi connectivity index (χ3n) is 5.27. The maximum absolute atomic E-state index is 7.00. The van der Waals surface area contributed by atoms with Gasteiger partial charge in [-0.2, -0.15) is 0 Å². The van der Waals surface area contributed by atoms with Gasteiger partial charge in [0.1, 0.15) is 28.7 Å². The van der Waals surface area contributed by atoms with E-state index in [1.165, 1.54) is 6.42 Å². The molecule has 0 saturated carbocycles. The molecule has 3 aromatic rings. The van der Waals surface area contributed by atoms with Crippen molar-refractivity contribution < 1.29 is 14.6 Å². The van der Waals surface area contributed by atoms with Crippen LogP contribution in [0.25, 0.3) is 5.52 Å². The fourth-order valence-corrected chi connectivity index (χ4v) is 3.79. The van der Waals surface area contributed by atoms with Crippen LogP contribution in [-0.2, 0) is 6.42 Å². The van der Waals surface area contributed by atoms with Crippen molar-refractivity contribution >= 4 is 11.3 Å². The number of fused-ring (bicyclic) bond motifs is 1. The molecule has 1 fully saturated rings. The standard InChI is InChI=1S/C13H19N5.C9H12O2.C3H4.C2H6.CH4O/c1-3-10-11-12(14)15-5-7-18(11)13(16-10)9-4-6-17(2)8-9;1-7-4-8(10-2)6-9(5-7)11-3;1-3-2;2*1-2/h5,7,9H,3-4,6,8H2,1-2H3,(H2,14,15);4-6H,1-3H3;1H,2H3;1-2H3;2H,1H3. The van der Waals surface area contributed by atoms with Crippen molar-refractivity contribution in [2.24, 2.45) is 0 Å². The minimum absolute atomic E-state index is 0.504. The number of aromatic nitrogens is 3. The molecule has 8 nitrogen and oxygen atoms in total. The summed E-state index contributed by atoms with van der Waals surface area (Å²) in [4.78, 5) is 11.3. The molecule has 0 spiro atoms. The summed E-state index contributed by atoms with van der Waals surface area (Å²) < 4.78 is 12.2. The molecule has 0 aliphatic carbocycles. The molecule has 1 saturated heterocycles. The first kappa shape index (κ1) is 32.7. The number of hydrogen-bond acceptors (Lipinski definition) is 7. The predicted octanol–water partition coefficient (Wildman–Crippen LogP) is 4.58. The highest BCUT2D eigenvalue weighted by atomic mass is 16.5. The van der Waals surface area contributed by atoms with E-state index in [0.717, 1.165) is 60.7 Å². The zero-order valence-corrected chi connectivity index (χ0v) is 23.5. The number of hydrogen-bond donors (Lipinski definition) is 2. The number of likely N-dealkylation sites (tertiary alicyclic amines) is 1. The highest BCUT2D eigenvalue weighted by Crippen LogP contribution is 2.29. The predicted molar refractivity (Wildman–Crippen MR) is 150 cm³/mol. The fraction of sp³-hybridized carbons (Fsp3) is 0.500. The van der Waals surface area contributed by atoms with E-state index in [0.29, 0.717) is 11.7 Å². The molecule has 36 heavy (non-hydrogen) atoms. The zero-order valence-electron chi connectivity index (χ0n) is 23.5. The Bertz CT molecular complexity index is 1040. The number of rotatable bonds is 4. The third-order valence-corrected chi connectivity index (χ3v) is 5.27. The normalized spacial score (nSPS) is 13.9. The molecule has 200 valence electrons. The molecule has 0 bridgehead atoms. The maximum atomic E-state index is 7.00. The van der Waals surface area contributed by atoms with Crippen LogP contribution >= 0.6 is 0 Å². The number of benzene rings is 1. The average molecular weight is 500 g/mol. The topological polar surface area (TPSA) is 98.1 Å². The van der Waals surface area contributed by atoms with Gasteiger partial charge in [-0.05, 0) is 58.0 Å². The summed E-state index contributed by atoms with van der Waals surface area (Å²) in [5, 5.41) is 7.00. The van der Waals surface area contributed by atoms with Crippen LogP contribution < -0.4 is 15.2 Å². The van der Waals surface area contributed by atoms with Gasteiger partial charge in [-0.3, -0.25) is 4.40 Å². The highest BCUT2D eigenvalue weighted by Gasteiger charge is 2.26. The van der Waals surface area contributed by atoms with Gasteiger partial charge < -0.3 is 25.2 Å². The van der Waals surface area contributed by atoms with Crippen LogP contribution in [0.3, 0.4) is 0 Å². The lowest BCUT2D eigenvalue weighted by Gasteiger charge is -2.09. The van der Waals surface area contributed by atoms with Gasteiger partial charge in [0.2, 0.25) is 0 Å². The largest absolute Gasteiger partial charge is 0.497 e. The first-order valence-electron chi connectivity index (χ1n) is 12.2. The Balaban J connectivity index is 0.000000585. The molecule has 2 aromatic heterocycles. The molecule has 1 aliphatic rings. The second-order valence-electron chi connectivity index (χ2n) is 7.73. The van der Waals surface area contributed by atoms with E-state index in [1.807, 2.05) is 45.2 Å². The number of nitrogens with zero attached hydrogens (tertiary/aromatic N) is 4. The number of likely N-dealkylation sites (N-methyl/N-ethyl adjacent to an activating group) is 1. The first-order valence-corrected chi connectivity index (χ1v) is 12.2. The molecule has 1 aromatic carbocycles. The molecule has 3 N–H and O–H groups in total. The summed E-state index contributed by atoms with van der Waals surface area (Å²) in [6.07, 6.45) is 10.4. The van der Waals surface area contributed by atoms with Crippen molar-refractivity contribution in [1.29, 1.82) is 0 Å². The zero-order chi connectivity index (χ0) is 27.7. The second kappa shape index (κ2) is 18.1. The van der Waals surface area contributed by atoms with E-state index in [-0.39, 0.29) is 0 Å². The number of nitrogens with two attached hydrogens (primary N) is 1. The first-order chi connectivity index (χ1) is 17.4. The van der Waals surface area contributed by atoms with Crippen molar-refractivity contribution in [1.82, 2.24) is 19.3 Å². The molecule has 0 amide bonds. The molecule has 1 unspecified atom stereocenters. The number of methoxy groups -OCH3 is 2. The van der Waals surface area contributed by atoms with Crippen molar-refractivity contribution in [3.05, 3.63) is 47.7 Å². The van der Waals surface area contributed by atoms with Gasteiger partial charge in [0.25, 0.3) is 0 Å². The van der Waals surface area contributed by atoms with E-state index in [4.69, 9.17) is 25.3 Å². The van der Waals surface area contributed by atoms with Crippen molar-refractivity contribution in [2.45, 2.75) is 53.4 Å². The number of terminal acetylenes is 1. The summed E-state index contributed by atoms with van der Waals surface area (Å²) in [5.74, 6) is 6.15. The van der Waals surface area contributed by atoms with Crippen LogP contribution in [-0.4, -0.2) is 65.8 Å². The Morgan fingerprint density at radius 1 is 1.17 bits per heavy atom. The summed E-state index contributed by atoms with van der Waals surface area (Å²) in [7, 11) is 6.45. The Morgan fingerprint density at radius 2 is 1.72 bits per heavy atom. The van der Waals surface area contributed by atoms with E-state index in [9.17, 15) is 0 Å². The van der Waals surface area contributed by atoms with Crippen LogP contribution in [0.5, 0.6) is 11.5 Å². The Hall–Kier alpha value is -3.28. The quantitative estimate of drug-likeness (QED) is 0.507. The van der Waals surface area contributed by atoms with E-state index < -0.39 is 0 Å². The van der Waals surface area contributed by atoms with Crippen LogP contribution in [0.4, 0.5) is 5.82 Å². The summed E-state index contributed by atoms with van der Waals surface area (Å²) in [6.45, 7) is 12.0. The van der Waals surface area contributed by atoms with Crippen LogP contribution in [0.2, 0.25) is 0 Å². The monoisotopic (exact) mass is 499 g/mol. The van der Waals surface area contributed by atoms with Crippen LogP contribution in [0.1, 0.15) is 57.1 Å². The van der Waals surface area contributed by atoms with Gasteiger partial charge in [-0.25, -0.2) is 9.97 Å². The highest BCUT2D eigenvalue weighted by molar-refractivity contribution is 5.69. The van der Waals surface area contributed by atoms with Gasteiger partial charge in [0.05, 0.1) is 19.9 Å². The average Bonchev–Trinajstić information content (AvgIpc) is 3.51.